The summed E-state index contributed by atoms with van der Waals surface area (Å²) in [6.07, 6.45) is 0.703. The van der Waals surface area contributed by atoms with Crippen LogP contribution in [-0.2, 0) is 16.9 Å². The number of nitrogens with one attached hydrogen (secondary N) is 1. The number of hydrogen-bond donors (Lipinski definition) is 1. The van der Waals surface area contributed by atoms with Gasteiger partial charge in [0.1, 0.15) is 0 Å². The van der Waals surface area contributed by atoms with Crippen LogP contribution in [0.5, 0.6) is 0 Å². The van der Waals surface area contributed by atoms with Gasteiger partial charge in [0.2, 0.25) is 5.89 Å². The summed E-state index contributed by atoms with van der Waals surface area (Å²) in [5.74, 6) is 2.22. The van der Waals surface area contributed by atoms with Crippen LogP contribution in [0.1, 0.15) is 39.4 Å². The van der Waals surface area contributed by atoms with E-state index in [9.17, 15) is 0 Å². The van der Waals surface area contributed by atoms with Gasteiger partial charge in [-0.15, -0.1) is 11.8 Å². The van der Waals surface area contributed by atoms with E-state index in [0.29, 0.717) is 18.9 Å². The molecule has 110 valence electrons. The van der Waals surface area contributed by atoms with Crippen LogP contribution in [0, 0.1) is 0 Å². The predicted molar refractivity (Wildman–Crippen MR) is 78.4 cm³/mol. The monoisotopic (exact) mass is 287 g/mol. The number of methoxy groups -OCH3 is 1. The second-order valence-corrected chi connectivity index (χ2v) is 7.22. The molecule has 5 nitrogen and oxygen atoms in total. The lowest BCUT2D eigenvalue weighted by Gasteiger charge is -2.15. The van der Waals surface area contributed by atoms with Crippen LogP contribution in [0.4, 0.5) is 0 Å². The van der Waals surface area contributed by atoms with Crippen LogP contribution >= 0.6 is 11.8 Å². The average Bonchev–Trinajstić information content (AvgIpc) is 2.74. The third kappa shape index (κ3) is 6.94. The van der Waals surface area contributed by atoms with Crippen LogP contribution in [-0.4, -0.2) is 41.2 Å². The van der Waals surface area contributed by atoms with E-state index in [1.165, 1.54) is 0 Å². The van der Waals surface area contributed by atoms with E-state index < -0.39 is 0 Å². The summed E-state index contributed by atoms with van der Waals surface area (Å²) < 4.78 is 10.7. The van der Waals surface area contributed by atoms with Gasteiger partial charge in [0, 0.05) is 24.3 Å². The number of nitrogens with zero attached hydrogens (tertiary/aromatic N) is 2. The fourth-order valence-electron chi connectivity index (χ4n) is 1.60. The number of rotatable bonds is 8. The van der Waals surface area contributed by atoms with E-state index in [1.54, 1.807) is 7.11 Å². The highest BCUT2D eigenvalue weighted by molar-refractivity contribution is 7.99. The van der Waals surface area contributed by atoms with Gasteiger partial charge >= 0.3 is 0 Å². The first-order chi connectivity index (χ1) is 8.94. The Hall–Kier alpha value is -0.590. The van der Waals surface area contributed by atoms with Crippen molar-refractivity contribution in [2.45, 2.75) is 50.7 Å². The number of aromatic nitrogens is 2. The van der Waals surface area contributed by atoms with E-state index in [1.807, 2.05) is 11.8 Å². The van der Waals surface area contributed by atoms with E-state index in [2.05, 4.69) is 43.2 Å². The van der Waals surface area contributed by atoms with Gasteiger partial charge in [0.25, 0.3) is 0 Å². The molecule has 0 amide bonds. The molecule has 0 radical (unpaired) electrons. The molecule has 0 aliphatic carbocycles. The number of likely N-dealkylation sites (N-methyl/N-ethyl adjacent to an activating group) is 1. The molecule has 1 aromatic rings. The SMILES string of the molecule is CCNC(COC)Cc1nc(CSC(C)(C)C)no1. The van der Waals surface area contributed by atoms with Crippen molar-refractivity contribution in [2.24, 2.45) is 0 Å². The van der Waals surface area contributed by atoms with E-state index in [0.717, 1.165) is 18.1 Å². The highest BCUT2D eigenvalue weighted by atomic mass is 32.2. The van der Waals surface area contributed by atoms with Crippen molar-refractivity contribution >= 4 is 11.8 Å². The molecule has 6 heteroatoms. The Morgan fingerprint density at radius 3 is 2.74 bits per heavy atom. The molecular formula is C13H25N3O2S. The molecule has 1 unspecified atom stereocenters. The maximum atomic E-state index is 5.28. The molecule has 0 aliphatic heterocycles. The Kier molecular flexibility index (Phi) is 6.82. The van der Waals surface area contributed by atoms with Gasteiger partial charge in [0.15, 0.2) is 5.82 Å². The first-order valence-corrected chi connectivity index (χ1v) is 7.61. The highest BCUT2D eigenvalue weighted by Crippen LogP contribution is 2.26. The van der Waals surface area contributed by atoms with Crippen LogP contribution in [0.25, 0.3) is 0 Å². The summed E-state index contributed by atoms with van der Waals surface area (Å²) >= 11 is 1.81. The fourth-order valence-corrected chi connectivity index (χ4v) is 2.28. The van der Waals surface area contributed by atoms with Crippen LogP contribution in [0.3, 0.4) is 0 Å². The summed E-state index contributed by atoms with van der Waals surface area (Å²) in [6, 6.07) is 0.221. The summed E-state index contributed by atoms with van der Waals surface area (Å²) in [5, 5.41) is 7.36. The molecule has 0 saturated heterocycles. The molecule has 1 heterocycles. The van der Waals surface area contributed by atoms with Crippen molar-refractivity contribution in [1.82, 2.24) is 15.5 Å². The Morgan fingerprint density at radius 2 is 2.16 bits per heavy atom. The van der Waals surface area contributed by atoms with Gasteiger partial charge in [0.05, 0.1) is 12.4 Å². The smallest absolute Gasteiger partial charge is 0.228 e. The predicted octanol–water partition coefficient (Wildman–Crippen LogP) is 2.27. The molecule has 1 atom stereocenters. The lowest BCUT2D eigenvalue weighted by molar-refractivity contribution is 0.162. The molecule has 1 N–H and O–H groups in total. The molecule has 0 saturated carbocycles. The third-order valence-electron chi connectivity index (χ3n) is 2.43. The van der Waals surface area contributed by atoms with Gasteiger partial charge in [-0.1, -0.05) is 32.9 Å². The molecule has 0 bridgehead atoms. The second kappa shape index (κ2) is 7.87. The van der Waals surface area contributed by atoms with Gasteiger partial charge in [-0.05, 0) is 6.54 Å². The maximum Gasteiger partial charge on any atom is 0.228 e. The quantitative estimate of drug-likeness (QED) is 0.791. The van der Waals surface area contributed by atoms with Crippen molar-refractivity contribution in [3.05, 3.63) is 11.7 Å². The molecule has 0 aromatic carbocycles. The Labute approximate surface area is 119 Å². The van der Waals surface area contributed by atoms with E-state index >= 15 is 0 Å². The largest absolute Gasteiger partial charge is 0.383 e. The molecule has 0 fully saturated rings. The first kappa shape index (κ1) is 16.5. The minimum absolute atomic E-state index is 0.211. The topological polar surface area (TPSA) is 60.2 Å². The van der Waals surface area contributed by atoms with Crippen LogP contribution in [0.2, 0.25) is 0 Å². The molecule has 1 aromatic heterocycles. The van der Waals surface area contributed by atoms with Gasteiger partial charge in [-0.2, -0.15) is 4.98 Å². The minimum Gasteiger partial charge on any atom is -0.383 e. The van der Waals surface area contributed by atoms with E-state index in [-0.39, 0.29) is 10.8 Å². The summed E-state index contributed by atoms with van der Waals surface area (Å²) in [5.41, 5.74) is 0. The van der Waals surface area contributed by atoms with Gasteiger partial charge < -0.3 is 14.6 Å². The molecule has 0 aliphatic rings. The van der Waals surface area contributed by atoms with Gasteiger partial charge in [-0.25, -0.2) is 0 Å². The van der Waals surface area contributed by atoms with Crippen molar-refractivity contribution in [3.63, 3.8) is 0 Å². The molecular weight excluding hydrogens is 262 g/mol. The molecule has 0 spiro atoms. The zero-order valence-corrected chi connectivity index (χ0v) is 13.3. The zero-order chi connectivity index (χ0) is 14.3. The van der Waals surface area contributed by atoms with Crippen molar-refractivity contribution in [3.8, 4) is 0 Å². The van der Waals surface area contributed by atoms with E-state index in [4.69, 9.17) is 9.26 Å². The number of ether oxygens (including phenoxy) is 1. The standard InChI is InChI=1S/C13H25N3O2S/c1-6-14-10(8-17-5)7-12-15-11(16-18-12)9-19-13(2,3)4/h10,14H,6-9H2,1-5H3. The van der Waals surface area contributed by atoms with Crippen molar-refractivity contribution < 1.29 is 9.26 Å². The van der Waals surface area contributed by atoms with Crippen LogP contribution in [0.15, 0.2) is 4.52 Å². The number of thioether (sulfide) groups is 1. The lowest BCUT2D eigenvalue weighted by Crippen LogP contribution is -2.35. The molecule has 19 heavy (non-hydrogen) atoms. The number of hydrogen-bond acceptors (Lipinski definition) is 6. The third-order valence-corrected chi connectivity index (χ3v) is 3.69. The van der Waals surface area contributed by atoms with Crippen molar-refractivity contribution in [2.75, 3.05) is 20.3 Å². The second-order valence-electron chi connectivity index (χ2n) is 5.42. The average molecular weight is 287 g/mol. The summed E-state index contributed by atoms with van der Waals surface area (Å²) in [7, 11) is 1.70. The first-order valence-electron chi connectivity index (χ1n) is 6.62. The van der Waals surface area contributed by atoms with Crippen LogP contribution < -0.4 is 5.32 Å². The maximum absolute atomic E-state index is 5.28. The van der Waals surface area contributed by atoms with Gasteiger partial charge in [-0.3, -0.25) is 0 Å². The lowest BCUT2D eigenvalue weighted by atomic mass is 10.2. The highest BCUT2D eigenvalue weighted by Gasteiger charge is 2.16. The summed E-state index contributed by atoms with van der Waals surface area (Å²) in [6.45, 7) is 10.1. The minimum atomic E-state index is 0.211. The normalized spacial score (nSPS) is 13.7. The summed E-state index contributed by atoms with van der Waals surface area (Å²) in [4.78, 5) is 4.42. The Bertz CT molecular complexity index is 357. The zero-order valence-electron chi connectivity index (χ0n) is 12.5. The fraction of sp³-hybridized carbons (Fsp3) is 0.846. The van der Waals surface area contributed by atoms with Crippen molar-refractivity contribution in [1.29, 1.82) is 0 Å². The molecule has 1 rings (SSSR count). The Morgan fingerprint density at radius 1 is 1.42 bits per heavy atom. The Balaban J connectivity index is 2.48.